The lowest BCUT2D eigenvalue weighted by molar-refractivity contribution is -0.141. The Balaban J connectivity index is 1.94. The molecule has 2 aliphatic heterocycles. The molecule has 0 spiro atoms. The van der Waals surface area contributed by atoms with E-state index in [1.807, 2.05) is 0 Å². The molecule has 0 saturated carbocycles. The summed E-state index contributed by atoms with van der Waals surface area (Å²) >= 11 is 0. The summed E-state index contributed by atoms with van der Waals surface area (Å²) in [6.07, 6.45) is 0.690. The van der Waals surface area contributed by atoms with E-state index in [-0.39, 0.29) is 24.8 Å². The van der Waals surface area contributed by atoms with Gasteiger partial charge in [-0.05, 0) is 32.4 Å². The number of carboxylic acid groups (broad SMARTS) is 1. The van der Waals surface area contributed by atoms with Crippen molar-refractivity contribution in [2.75, 3.05) is 11.4 Å². The number of nitrogens with one attached hydrogen (secondary N) is 1. The second-order valence-corrected chi connectivity index (χ2v) is 6.48. The number of carbonyl (C=O) groups is 4. The Morgan fingerprint density at radius 2 is 2.00 bits per heavy atom. The van der Waals surface area contributed by atoms with Crippen molar-refractivity contribution in [2.24, 2.45) is 0 Å². The molecule has 3 amide bonds. The van der Waals surface area contributed by atoms with Crippen LogP contribution in [0.15, 0.2) is 24.3 Å². The third kappa shape index (κ3) is 2.63. The van der Waals surface area contributed by atoms with Crippen molar-refractivity contribution in [3.63, 3.8) is 0 Å². The minimum atomic E-state index is -1.16. The molecule has 2 aliphatic rings. The number of benzene rings is 1. The molecule has 0 bridgehead atoms. The molecule has 25 heavy (non-hydrogen) atoms. The van der Waals surface area contributed by atoms with Gasteiger partial charge in [0.25, 0.3) is 5.91 Å². The predicted octanol–water partition coefficient (Wildman–Crippen LogP) is 0.575. The van der Waals surface area contributed by atoms with Gasteiger partial charge in [-0.15, -0.1) is 0 Å². The second-order valence-electron chi connectivity index (χ2n) is 6.48. The van der Waals surface area contributed by atoms with Crippen LogP contribution in [0.25, 0.3) is 0 Å². The summed E-state index contributed by atoms with van der Waals surface area (Å²) in [6, 6.07) is 5.74. The van der Waals surface area contributed by atoms with E-state index in [1.54, 1.807) is 36.1 Å². The number of aliphatic carboxylic acids is 1. The summed E-state index contributed by atoms with van der Waals surface area (Å²) in [5.74, 6) is -2.19. The standard InChI is InChI=1S/C17H19N3O5/c1-10(16(24)25)18-13(21)9-19-15(23)11-5-3-4-6-12(11)20-14(22)7-8-17(19,20)2/h3-6,10H,7-9H2,1-2H3,(H,18,21)(H,24,25). The zero-order chi connectivity index (χ0) is 18.4. The Morgan fingerprint density at radius 3 is 2.68 bits per heavy atom. The van der Waals surface area contributed by atoms with E-state index in [9.17, 15) is 19.2 Å². The van der Waals surface area contributed by atoms with Gasteiger partial charge in [-0.1, -0.05) is 12.1 Å². The minimum Gasteiger partial charge on any atom is -0.480 e. The van der Waals surface area contributed by atoms with E-state index in [0.29, 0.717) is 17.7 Å². The molecule has 1 fully saturated rings. The van der Waals surface area contributed by atoms with Gasteiger partial charge in [0.15, 0.2) is 0 Å². The molecule has 0 radical (unpaired) electrons. The van der Waals surface area contributed by atoms with E-state index >= 15 is 0 Å². The van der Waals surface area contributed by atoms with Gasteiger partial charge in [0.05, 0.1) is 11.3 Å². The van der Waals surface area contributed by atoms with Crippen molar-refractivity contribution in [1.82, 2.24) is 10.2 Å². The van der Waals surface area contributed by atoms with Gasteiger partial charge in [-0.3, -0.25) is 24.1 Å². The fourth-order valence-electron chi connectivity index (χ4n) is 3.43. The number of carboxylic acids is 1. The first-order valence-corrected chi connectivity index (χ1v) is 8.02. The summed E-state index contributed by atoms with van der Waals surface area (Å²) in [6.45, 7) is 2.78. The number of fused-ring (bicyclic) bond motifs is 3. The Hall–Kier alpha value is -2.90. The van der Waals surface area contributed by atoms with E-state index < -0.39 is 23.6 Å². The van der Waals surface area contributed by atoms with Crippen LogP contribution in [0.2, 0.25) is 0 Å². The summed E-state index contributed by atoms with van der Waals surface area (Å²) in [5.41, 5.74) is -0.0332. The maximum absolute atomic E-state index is 12.9. The van der Waals surface area contributed by atoms with Crippen LogP contribution < -0.4 is 10.2 Å². The average Bonchev–Trinajstić information content (AvgIpc) is 2.87. The summed E-state index contributed by atoms with van der Waals surface area (Å²) in [5, 5.41) is 11.3. The van der Waals surface area contributed by atoms with Crippen molar-refractivity contribution in [1.29, 1.82) is 0 Å². The van der Waals surface area contributed by atoms with Gasteiger partial charge >= 0.3 is 5.97 Å². The summed E-state index contributed by atoms with van der Waals surface area (Å²) < 4.78 is 0. The second kappa shape index (κ2) is 5.87. The Bertz CT molecular complexity index is 777. The van der Waals surface area contributed by atoms with Crippen LogP contribution >= 0.6 is 0 Å². The topological polar surface area (TPSA) is 107 Å². The van der Waals surface area contributed by atoms with Crippen LogP contribution in [0.5, 0.6) is 0 Å². The number of carbonyl (C=O) groups excluding carboxylic acids is 3. The quantitative estimate of drug-likeness (QED) is 0.830. The van der Waals surface area contributed by atoms with E-state index in [4.69, 9.17) is 5.11 Å². The Labute approximate surface area is 144 Å². The van der Waals surface area contributed by atoms with Crippen molar-refractivity contribution in [3.8, 4) is 0 Å². The zero-order valence-corrected chi connectivity index (χ0v) is 14.0. The lowest BCUT2D eigenvalue weighted by atomic mass is 9.98. The van der Waals surface area contributed by atoms with E-state index in [1.165, 1.54) is 11.8 Å². The molecule has 2 unspecified atom stereocenters. The largest absolute Gasteiger partial charge is 0.480 e. The van der Waals surface area contributed by atoms with Gasteiger partial charge in [0.2, 0.25) is 11.8 Å². The number of hydrogen-bond acceptors (Lipinski definition) is 4. The van der Waals surface area contributed by atoms with Crippen molar-refractivity contribution in [2.45, 2.75) is 38.4 Å². The van der Waals surface area contributed by atoms with Gasteiger partial charge in [-0.25, -0.2) is 0 Å². The number of anilines is 1. The lowest BCUT2D eigenvalue weighted by Gasteiger charge is -2.48. The minimum absolute atomic E-state index is 0.105. The van der Waals surface area contributed by atoms with Crippen LogP contribution in [-0.2, 0) is 14.4 Å². The molecule has 3 rings (SSSR count). The van der Waals surface area contributed by atoms with Crippen LogP contribution in [0, 0.1) is 0 Å². The third-order valence-corrected chi connectivity index (χ3v) is 4.80. The highest BCUT2D eigenvalue weighted by Crippen LogP contribution is 2.43. The predicted molar refractivity (Wildman–Crippen MR) is 87.8 cm³/mol. The van der Waals surface area contributed by atoms with E-state index in [0.717, 1.165) is 0 Å². The van der Waals surface area contributed by atoms with Crippen LogP contribution in [0.4, 0.5) is 5.69 Å². The highest BCUT2D eigenvalue weighted by molar-refractivity contribution is 6.11. The van der Waals surface area contributed by atoms with Gasteiger partial charge < -0.3 is 15.3 Å². The average molecular weight is 345 g/mol. The number of para-hydroxylation sites is 1. The van der Waals surface area contributed by atoms with Crippen molar-refractivity contribution >= 4 is 29.4 Å². The first-order valence-electron chi connectivity index (χ1n) is 8.02. The maximum atomic E-state index is 12.9. The molecule has 1 saturated heterocycles. The number of hydrogen-bond donors (Lipinski definition) is 2. The number of rotatable bonds is 4. The summed E-state index contributed by atoms with van der Waals surface area (Å²) in [7, 11) is 0. The molecule has 2 heterocycles. The molecule has 132 valence electrons. The van der Waals surface area contributed by atoms with Gasteiger partial charge in [0.1, 0.15) is 18.2 Å². The first-order chi connectivity index (χ1) is 11.8. The van der Waals surface area contributed by atoms with E-state index in [2.05, 4.69) is 5.32 Å². The number of amides is 3. The fraction of sp³-hybridized carbons (Fsp3) is 0.412. The van der Waals surface area contributed by atoms with Crippen molar-refractivity contribution in [3.05, 3.63) is 29.8 Å². The molecule has 0 aliphatic carbocycles. The van der Waals surface area contributed by atoms with Gasteiger partial charge in [-0.2, -0.15) is 0 Å². The zero-order valence-electron chi connectivity index (χ0n) is 14.0. The monoisotopic (exact) mass is 345 g/mol. The highest BCUT2D eigenvalue weighted by Gasteiger charge is 2.53. The smallest absolute Gasteiger partial charge is 0.325 e. The normalized spacial score (nSPS) is 23.1. The van der Waals surface area contributed by atoms with Gasteiger partial charge in [0, 0.05) is 6.42 Å². The molecule has 1 aromatic rings. The Kier molecular flexibility index (Phi) is 3.98. The third-order valence-electron chi connectivity index (χ3n) is 4.80. The Morgan fingerprint density at radius 1 is 1.32 bits per heavy atom. The molecular weight excluding hydrogens is 326 g/mol. The molecule has 8 nitrogen and oxygen atoms in total. The molecule has 2 N–H and O–H groups in total. The van der Waals surface area contributed by atoms with Crippen LogP contribution in [0.1, 0.15) is 37.0 Å². The molecular formula is C17H19N3O5. The first kappa shape index (κ1) is 16.9. The lowest BCUT2D eigenvalue weighted by Crippen LogP contribution is -2.64. The van der Waals surface area contributed by atoms with Crippen LogP contribution in [0.3, 0.4) is 0 Å². The molecule has 1 aromatic carbocycles. The molecule has 8 heteroatoms. The van der Waals surface area contributed by atoms with Crippen molar-refractivity contribution < 1.29 is 24.3 Å². The molecule has 2 atom stereocenters. The fourth-order valence-corrected chi connectivity index (χ4v) is 3.43. The molecule has 0 aromatic heterocycles. The SMILES string of the molecule is CC(NC(=O)CN1C(=O)c2ccccc2N2C(=O)CCC12C)C(=O)O. The maximum Gasteiger partial charge on any atom is 0.325 e. The van der Waals surface area contributed by atoms with Crippen LogP contribution in [-0.4, -0.2) is 51.9 Å². The highest BCUT2D eigenvalue weighted by atomic mass is 16.4. The number of nitrogens with zero attached hydrogens (tertiary/aromatic N) is 2. The summed E-state index contributed by atoms with van der Waals surface area (Å²) in [4.78, 5) is 51.3.